The summed E-state index contributed by atoms with van der Waals surface area (Å²) in [5.41, 5.74) is 2.56. The minimum absolute atomic E-state index is 0. The average molecular weight is 485 g/mol. The Morgan fingerprint density at radius 3 is 2.61 bits per heavy atom. The van der Waals surface area contributed by atoms with Crippen LogP contribution in [0.4, 0.5) is 0 Å². The number of likely N-dealkylation sites (N-methyl/N-ethyl adjacent to an activating group) is 1. The lowest BCUT2D eigenvalue weighted by atomic mass is 10.1. The van der Waals surface area contributed by atoms with E-state index in [4.69, 9.17) is 9.84 Å². The number of ether oxygens (including phenoxy) is 1. The van der Waals surface area contributed by atoms with Gasteiger partial charge in [-0.1, -0.05) is 31.7 Å². The third-order valence-corrected chi connectivity index (χ3v) is 6.03. The number of fused-ring (bicyclic) bond motifs is 1. The van der Waals surface area contributed by atoms with Crippen molar-refractivity contribution in [3.8, 4) is 22.8 Å². The van der Waals surface area contributed by atoms with Crippen LogP contribution in [0.3, 0.4) is 0 Å². The Balaban J connectivity index is 0.00000304. The van der Waals surface area contributed by atoms with Gasteiger partial charge in [0.2, 0.25) is 5.91 Å². The normalized spacial score (nSPS) is 15.5. The molecule has 0 N–H and O–H groups in total. The maximum atomic E-state index is 12.6. The van der Waals surface area contributed by atoms with E-state index in [0.717, 1.165) is 46.8 Å². The van der Waals surface area contributed by atoms with Crippen LogP contribution in [0.15, 0.2) is 79.3 Å². The number of aromatic nitrogens is 4. The molecule has 1 fully saturated rings. The van der Waals surface area contributed by atoms with Gasteiger partial charge in [0.25, 0.3) is 0 Å². The molecule has 0 bridgehead atoms. The summed E-state index contributed by atoms with van der Waals surface area (Å²) in [5, 5.41) is 5.83. The number of carbonyl (C=O) groups is 1. The number of para-hydroxylation sites is 1. The molecule has 1 saturated heterocycles. The number of nitrogens with zero attached hydrogens (tertiary/aromatic N) is 6. The average Bonchev–Trinajstić information content (AvgIpc) is 3.50. The molecule has 2 aromatic carbocycles. The first-order valence-corrected chi connectivity index (χ1v) is 11.7. The van der Waals surface area contributed by atoms with Crippen LogP contribution in [0, 0.1) is 0 Å². The molecule has 1 atom stereocenters. The summed E-state index contributed by atoms with van der Waals surface area (Å²) in [4.78, 5) is 25.3. The zero-order valence-corrected chi connectivity index (χ0v) is 19.9. The smallest absolute Gasteiger partial charge is 0.246 e. The molecule has 4 aromatic rings. The van der Waals surface area contributed by atoms with Crippen LogP contribution in [0.5, 0.6) is 11.5 Å². The Bertz CT molecular complexity index is 1330. The first-order chi connectivity index (χ1) is 17.1. The van der Waals surface area contributed by atoms with E-state index in [0.29, 0.717) is 13.1 Å². The van der Waals surface area contributed by atoms with Gasteiger partial charge in [0.05, 0.1) is 11.4 Å². The molecule has 8 heteroatoms. The van der Waals surface area contributed by atoms with Crippen molar-refractivity contribution in [3.05, 3.63) is 79.3 Å². The largest absolute Gasteiger partial charge is 0.457 e. The standard InChI is InChI=1S/C27H28N6O2.CH4/c1-31(2)15-6-9-25(34)32-16-14-21(18-32)33-27-24(17-28-19-29-27)26(30-33)20-10-12-23(13-11-20)35-22-7-4-3-5-8-22;/h3-13,17,19,21H,14-16,18H2,1-2H3;1H4/b9-6+;. The quantitative estimate of drug-likeness (QED) is 0.350. The Morgan fingerprint density at radius 1 is 1.11 bits per heavy atom. The molecule has 0 spiro atoms. The molecule has 0 aliphatic carbocycles. The fraction of sp³-hybridized carbons (Fsp3) is 0.286. The van der Waals surface area contributed by atoms with Crippen molar-refractivity contribution < 1.29 is 9.53 Å². The van der Waals surface area contributed by atoms with Gasteiger partial charge in [0, 0.05) is 37.5 Å². The summed E-state index contributed by atoms with van der Waals surface area (Å²) in [6.07, 6.45) is 7.74. The van der Waals surface area contributed by atoms with Gasteiger partial charge in [0.15, 0.2) is 5.65 Å². The zero-order chi connectivity index (χ0) is 24.2. The second kappa shape index (κ2) is 11.1. The second-order valence-electron chi connectivity index (χ2n) is 8.88. The van der Waals surface area contributed by atoms with Gasteiger partial charge >= 0.3 is 0 Å². The van der Waals surface area contributed by atoms with Crippen LogP contribution in [0.1, 0.15) is 19.9 Å². The second-order valence-corrected chi connectivity index (χ2v) is 8.88. The maximum absolute atomic E-state index is 12.6. The molecule has 1 amide bonds. The Labute approximate surface area is 211 Å². The van der Waals surface area contributed by atoms with Crippen molar-refractivity contribution in [2.24, 2.45) is 0 Å². The van der Waals surface area contributed by atoms with Gasteiger partial charge in [0.1, 0.15) is 23.5 Å². The summed E-state index contributed by atoms with van der Waals surface area (Å²) >= 11 is 0. The summed E-state index contributed by atoms with van der Waals surface area (Å²) < 4.78 is 7.88. The molecule has 1 aliphatic rings. The highest BCUT2D eigenvalue weighted by molar-refractivity contribution is 5.91. The molecule has 36 heavy (non-hydrogen) atoms. The molecule has 186 valence electrons. The van der Waals surface area contributed by atoms with Gasteiger partial charge in [-0.2, -0.15) is 5.10 Å². The van der Waals surface area contributed by atoms with Gasteiger partial charge in [-0.25, -0.2) is 14.6 Å². The van der Waals surface area contributed by atoms with Crippen LogP contribution < -0.4 is 4.74 Å². The number of carbonyl (C=O) groups excluding carboxylic acids is 1. The minimum Gasteiger partial charge on any atom is -0.457 e. The Morgan fingerprint density at radius 2 is 1.86 bits per heavy atom. The number of amides is 1. The number of rotatable bonds is 7. The lowest BCUT2D eigenvalue weighted by Gasteiger charge is -2.15. The van der Waals surface area contributed by atoms with Gasteiger partial charge < -0.3 is 14.5 Å². The lowest BCUT2D eigenvalue weighted by molar-refractivity contribution is -0.125. The van der Waals surface area contributed by atoms with Gasteiger partial charge in [-0.05, 0) is 56.9 Å². The maximum Gasteiger partial charge on any atom is 0.246 e. The lowest BCUT2D eigenvalue weighted by Crippen LogP contribution is -2.28. The predicted molar refractivity (Wildman–Crippen MR) is 142 cm³/mol. The third kappa shape index (κ3) is 5.44. The van der Waals surface area contributed by atoms with Crippen molar-refractivity contribution in [2.45, 2.75) is 19.9 Å². The van der Waals surface area contributed by atoms with Gasteiger partial charge in [-0.3, -0.25) is 4.79 Å². The molecule has 1 aliphatic heterocycles. The molecule has 0 saturated carbocycles. The molecule has 2 aromatic heterocycles. The molecule has 3 heterocycles. The molecule has 1 unspecified atom stereocenters. The monoisotopic (exact) mass is 484 g/mol. The van der Waals surface area contributed by atoms with Crippen molar-refractivity contribution in [2.75, 3.05) is 33.7 Å². The number of hydrogen-bond donors (Lipinski definition) is 0. The SMILES string of the molecule is C.CN(C)C/C=C/C(=O)N1CCC(n2nc(-c3ccc(Oc4ccccc4)cc3)c3cncnc32)C1. The fourth-order valence-electron chi connectivity index (χ4n) is 4.27. The minimum atomic E-state index is 0. The van der Waals surface area contributed by atoms with Crippen molar-refractivity contribution in [1.82, 2.24) is 29.5 Å². The van der Waals surface area contributed by atoms with Crippen LogP contribution in [-0.4, -0.2) is 69.2 Å². The van der Waals surface area contributed by atoms with Crippen molar-refractivity contribution in [3.63, 3.8) is 0 Å². The molecule has 5 rings (SSSR count). The number of benzene rings is 2. The highest BCUT2D eigenvalue weighted by atomic mass is 16.5. The molecular weight excluding hydrogens is 452 g/mol. The summed E-state index contributed by atoms with van der Waals surface area (Å²) in [6, 6.07) is 17.6. The molecule has 0 radical (unpaired) electrons. The van der Waals surface area contributed by atoms with E-state index >= 15 is 0 Å². The Hall–Kier alpha value is -4.04. The zero-order valence-electron chi connectivity index (χ0n) is 19.9. The number of hydrogen-bond acceptors (Lipinski definition) is 6. The van der Waals surface area contributed by atoms with Crippen LogP contribution >= 0.6 is 0 Å². The third-order valence-electron chi connectivity index (χ3n) is 6.03. The predicted octanol–water partition coefficient (Wildman–Crippen LogP) is 4.81. The fourth-order valence-corrected chi connectivity index (χ4v) is 4.27. The van der Waals surface area contributed by atoms with E-state index in [1.54, 1.807) is 18.6 Å². The molecular formula is C28H32N6O2. The van der Waals surface area contributed by atoms with Crippen molar-refractivity contribution >= 4 is 16.9 Å². The highest BCUT2D eigenvalue weighted by Gasteiger charge is 2.29. The van der Waals surface area contributed by atoms with Crippen molar-refractivity contribution in [1.29, 1.82) is 0 Å². The summed E-state index contributed by atoms with van der Waals surface area (Å²) in [7, 11) is 3.96. The van der Waals surface area contributed by atoms with E-state index in [-0.39, 0.29) is 19.4 Å². The summed E-state index contributed by atoms with van der Waals surface area (Å²) in [5.74, 6) is 1.59. The first-order valence-electron chi connectivity index (χ1n) is 11.7. The van der Waals surface area contributed by atoms with Crippen LogP contribution in [-0.2, 0) is 4.79 Å². The first kappa shape index (κ1) is 25.1. The van der Waals surface area contributed by atoms with E-state index in [1.807, 2.05) is 89.3 Å². The number of likely N-dealkylation sites (tertiary alicyclic amines) is 1. The van der Waals surface area contributed by atoms with Gasteiger partial charge in [-0.15, -0.1) is 0 Å². The van der Waals surface area contributed by atoms with Crippen LogP contribution in [0.2, 0.25) is 0 Å². The summed E-state index contributed by atoms with van der Waals surface area (Å²) in [6.45, 7) is 2.04. The Kier molecular flexibility index (Phi) is 7.75. The topological polar surface area (TPSA) is 76.4 Å². The van der Waals surface area contributed by atoms with E-state index < -0.39 is 0 Å². The van der Waals surface area contributed by atoms with E-state index in [9.17, 15) is 4.79 Å². The highest BCUT2D eigenvalue weighted by Crippen LogP contribution is 2.32. The van der Waals surface area contributed by atoms with Crippen LogP contribution in [0.25, 0.3) is 22.3 Å². The van der Waals surface area contributed by atoms with E-state index in [2.05, 4.69) is 9.97 Å². The van der Waals surface area contributed by atoms with E-state index in [1.165, 1.54) is 0 Å². The molecule has 8 nitrogen and oxygen atoms in total.